The lowest BCUT2D eigenvalue weighted by Crippen LogP contribution is -2.39. The lowest BCUT2D eigenvalue weighted by Gasteiger charge is -2.29. The molecule has 7 nitrogen and oxygen atoms in total. The van der Waals surface area contributed by atoms with Gasteiger partial charge in [0.05, 0.1) is 9.82 Å². The molecule has 0 bridgehead atoms. The highest BCUT2D eigenvalue weighted by Gasteiger charge is 2.30. The molecule has 1 saturated heterocycles. The van der Waals surface area contributed by atoms with E-state index in [1.807, 2.05) is 6.92 Å². The van der Waals surface area contributed by atoms with Crippen molar-refractivity contribution >= 4 is 21.4 Å². The number of piperidine rings is 1. The van der Waals surface area contributed by atoms with E-state index in [2.05, 4.69) is 0 Å². The van der Waals surface area contributed by atoms with E-state index < -0.39 is 14.9 Å². The van der Waals surface area contributed by atoms with Crippen LogP contribution in [0.1, 0.15) is 19.8 Å². The average molecular weight is 299 g/mol. The number of sulfonamides is 1. The summed E-state index contributed by atoms with van der Waals surface area (Å²) in [5.41, 5.74) is 5.06. The first kappa shape index (κ1) is 14.7. The van der Waals surface area contributed by atoms with Crippen LogP contribution in [0.25, 0.3) is 0 Å². The fourth-order valence-corrected chi connectivity index (χ4v) is 3.97. The number of benzene rings is 1. The maximum atomic E-state index is 12.5. The summed E-state index contributed by atoms with van der Waals surface area (Å²) >= 11 is 0. The van der Waals surface area contributed by atoms with Crippen LogP contribution < -0.4 is 5.73 Å². The van der Waals surface area contributed by atoms with Crippen molar-refractivity contribution in [2.24, 2.45) is 5.92 Å². The number of nitro benzene ring substituents is 1. The van der Waals surface area contributed by atoms with Crippen molar-refractivity contribution in [3.05, 3.63) is 28.3 Å². The van der Waals surface area contributed by atoms with E-state index in [1.54, 1.807) is 0 Å². The maximum Gasteiger partial charge on any atom is 0.293 e. The van der Waals surface area contributed by atoms with Gasteiger partial charge in [-0.1, -0.05) is 6.92 Å². The third-order valence-corrected chi connectivity index (χ3v) is 5.32. The van der Waals surface area contributed by atoms with E-state index in [-0.39, 0.29) is 16.3 Å². The second kappa shape index (κ2) is 5.37. The molecule has 0 amide bonds. The van der Waals surface area contributed by atoms with Gasteiger partial charge in [-0.15, -0.1) is 0 Å². The molecule has 0 aromatic heterocycles. The summed E-state index contributed by atoms with van der Waals surface area (Å²) in [5.74, 6) is 0.294. The third-order valence-electron chi connectivity index (χ3n) is 3.46. The van der Waals surface area contributed by atoms with Gasteiger partial charge in [0.2, 0.25) is 10.0 Å². The average Bonchev–Trinajstić information content (AvgIpc) is 2.38. The molecular formula is C12H17N3O4S. The SMILES string of the molecule is CC1CCCN(S(=O)(=O)c2ccc(N)c([N+](=O)[O-])c2)C1. The normalized spacial score (nSPS) is 20.8. The molecule has 20 heavy (non-hydrogen) atoms. The monoisotopic (exact) mass is 299 g/mol. The van der Waals surface area contributed by atoms with E-state index in [4.69, 9.17) is 5.73 Å². The van der Waals surface area contributed by atoms with Crippen LogP contribution in [-0.2, 0) is 10.0 Å². The molecule has 0 spiro atoms. The summed E-state index contributed by atoms with van der Waals surface area (Å²) in [6.07, 6.45) is 1.80. The molecule has 1 heterocycles. The van der Waals surface area contributed by atoms with Crippen LogP contribution in [0.3, 0.4) is 0 Å². The molecule has 1 aliphatic heterocycles. The zero-order valence-electron chi connectivity index (χ0n) is 11.2. The van der Waals surface area contributed by atoms with Gasteiger partial charge in [0.1, 0.15) is 5.69 Å². The van der Waals surface area contributed by atoms with Crippen LogP contribution in [-0.4, -0.2) is 30.7 Å². The predicted octanol–water partition coefficient (Wildman–Crippen LogP) is 1.60. The van der Waals surface area contributed by atoms with Gasteiger partial charge in [-0.05, 0) is 30.9 Å². The fraction of sp³-hybridized carbons (Fsp3) is 0.500. The van der Waals surface area contributed by atoms with Gasteiger partial charge < -0.3 is 5.73 Å². The van der Waals surface area contributed by atoms with E-state index in [0.29, 0.717) is 19.0 Å². The second-order valence-corrected chi connectivity index (χ2v) is 7.03. The Balaban J connectivity index is 2.39. The largest absolute Gasteiger partial charge is 0.393 e. The van der Waals surface area contributed by atoms with Gasteiger partial charge in [-0.3, -0.25) is 10.1 Å². The van der Waals surface area contributed by atoms with E-state index >= 15 is 0 Å². The number of nitrogens with two attached hydrogens (primary N) is 1. The molecule has 1 fully saturated rings. The lowest BCUT2D eigenvalue weighted by atomic mass is 10.0. The van der Waals surface area contributed by atoms with Gasteiger partial charge in [0.15, 0.2) is 0 Å². The summed E-state index contributed by atoms with van der Waals surface area (Å²) < 4.78 is 26.3. The number of nitrogens with zero attached hydrogens (tertiary/aromatic N) is 2. The van der Waals surface area contributed by atoms with Crippen molar-refractivity contribution in [1.82, 2.24) is 4.31 Å². The lowest BCUT2D eigenvalue weighted by molar-refractivity contribution is -0.384. The second-order valence-electron chi connectivity index (χ2n) is 5.09. The van der Waals surface area contributed by atoms with Crippen molar-refractivity contribution in [2.45, 2.75) is 24.7 Å². The first-order chi connectivity index (χ1) is 9.32. The number of nitrogen functional groups attached to an aromatic ring is 1. The third kappa shape index (κ3) is 2.75. The molecule has 1 aromatic carbocycles. The molecule has 0 aliphatic carbocycles. The van der Waals surface area contributed by atoms with Gasteiger partial charge in [-0.2, -0.15) is 4.31 Å². The van der Waals surface area contributed by atoms with Crippen molar-refractivity contribution < 1.29 is 13.3 Å². The van der Waals surface area contributed by atoms with Gasteiger partial charge >= 0.3 is 0 Å². The number of rotatable bonds is 3. The quantitative estimate of drug-likeness (QED) is 0.518. The van der Waals surface area contributed by atoms with Crippen molar-refractivity contribution in [1.29, 1.82) is 0 Å². The van der Waals surface area contributed by atoms with Crippen LogP contribution in [0.15, 0.2) is 23.1 Å². The molecule has 0 radical (unpaired) electrons. The van der Waals surface area contributed by atoms with Crippen LogP contribution in [0, 0.1) is 16.0 Å². The predicted molar refractivity (Wildman–Crippen MR) is 74.7 cm³/mol. The molecule has 2 rings (SSSR count). The Morgan fingerprint density at radius 1 is 1.45 bits per heavy atom. The zero-order valence-corrected chi connectivity index (χ0v) is 12.0. The first-order valence-electron chi connectivity index (χ1n) is 6.36. The minimum atomic E-state index is -3.69. The van der Waals surface area contributed by atoms with Crippen molar-refractivity contribution in [3.63, 3.8) is 0 Å². The Kier molecular flexibility index (Phi) is 3.96. The van der Waals surface area contributed by atoms with Crippen LogP contribution >= 0.6 is 0 Å². The van der Waals surface area contributed by atoms with E-state index in [1.165, 1.54) is 16.4 Å². The Morgan fingerprint density at radius 2 is 2.15 bits per heavy atom. The number of anilines is 1. The Morgan fingerprint density at radius 3 is 2.75 bits per heavy atom. The molecule has 110 valence electrons. The highest BCUT2D eigenvalue weighted by molar-refractivity contribution is 7.89. The number of hydrogen-bond acceptors (Lipinski definition) is 5. The molecule has 0 saturated carbocycles. The van der Waals surface area contributed by atoms with Crippen molar-refractivity contribution in [3.8, 4) is 0 Å². The van der Waals surface area contributed by atoms with Gasteiger partial charge in [0.25, 0.3) is 5.69 Å². The Bertz CT molecular complexity index is 630. The molecule has 1 aliphatic rings. The highest BCUT2D eigenvalue weighted by atomic mass is 32.2. The first-order valence-corrected chi connectivity index (χ1v) is 7.80. The van der Waals surface area contributed by atoms with Crippen molar-refractivity contribution in [2.75, 3.05) is 18.8 Å². The number of hydrogen-bond donors (Lipinski definition) is 1. The summed E-state index contributed by atoms with van der Waals surface area (Å²) in [6.45, 7) is 2.89. The fourth-order valence-electron chi connectivity index (χ4n) is 2.36. The molecule has 1 aromatic rings. The van der Waals surface area contributed by atoms with Gasteiger partial charge in [0, 0.05) is 19.2 Å². The summed E-state index contributed by atoms with van der Waals surface area (Å²) in [5, 5.41) is 10.8. The molecule has 1 unspecified atom stereocenters. The zero-order chi connectivity index (χ0) is 14.9. The molecule has 8 heteroatoms. The number of nitro groups is 1. The minimum Gasteiger partial charge on any atom is -0.393 e. The Hall–Kier alpha value is -1.67. The maximum absolute atomic E-state index is 12.5. The summed E-state index contributed by atoms with van der Waals surface area (Å²) in [4.78, 5) is 10.1. The summed E-state index contributed by atoms with van der Waals surface area (Å²) in [7, 11) is -3.69. The topological polar surface area (TPSA) is 107 Å². The smallest absolute Gasteiger partial charge is 0.293 e. The standard InChI is InChI=1S/C12H17N3O4S/c1-9-3-2-6-14(8-9)20(18,19)10-4-5-11(13)12(7-10)15(16)17/h4-5,7,9H,2-3,6,8,13H2,1H3. The minimum absolute atomic E-state index is 0.0408. The molecular weight excluding hydrogens is 282 g/mol. The Labute approximate surface area is 117 Å². The van der Waals surface area contributed by atoms with E-state index in [0.717, 1.165) is 18.9 Å². The van der Waals surface area contributed by atoms with E-state index in [9.17, 15) is 18.5 Å². The summed E-state index contributed by atoms with van der Waals surface area (Å²) in [6, 6.07) is 3.61. The van der Waals surface area contributed by atoms with Crippen LogP contribution in [0.5, 0.6) is 0 Å². The molecule has 1 atom stereocenters. The van der Waals surface area contributed by atoms with Crippen LogP contribution in [0.2, 0.25) is 0 Å². The highest BCUT2D eigenvalue weighted by Crippen LogP contribution is 2.28. The molecule has 2 N–H and O–H groups in total. The van der Waals surface area contributed by atoms with Crippen LogP contribution in [0.4, 0.5) is 11.4 Å². The van der Waals surface area contributed by atoms with Gasteiger partial charge in [-0.25, -0.2) is 8.42 Å².